The number of nitrogens with zero attached hydrogens (tertiary/aromatic N) is 2. The van der Waals surface area contributed by atoms with Gasteiger partial charge in [0.15, 0.2) is 5.65 Å². The number of imidazole rings is 1. The van der Waals surface area contributed by atoms with Crippen LogP contribution in [0.25, 0.3) is 5.65 Å². The van der Waals surface area contributed by atoms with Gasteiger partial charge in [-0.1, -0.05) is 12.1 Å². The van der Waals surface area contributed by atoms with E-state index in [1.54, 1.807) is 48.0 Å². The highest BCUT2D eigenvalue weighted by Crippen LogP contribution is 2.22. The fourth-order valence-electron chi connectivity index (χ4n) is 2.22. The van der Waals surface area contributed by atoms with Crippen LogP contribution in [0.3, 0.4) is 0 Å². The molecule has 2 aromatic heterocycles. The van der Waals surface area contributed by atoms with Gasteiger partial charge < -0.3 is 4.40 Å². The number of aromatic nitrogens is 2. The lowest BCUT2D eigenvalue weighted by molar-refractivity contribution is 0.600. The minimum absolute atomic E-state index is 0.288. The van der Waals surface area contributed by atoms with Crippen molar-refractivity contribution in [3.8, 4) is 0 Å². The summed E-state index contributed by atoms with van der Waals surface area (Å²) in [4.78, 5) is 4.46. The van der Waals surface area contributed by atoms with Crippen molar-refractivity contribution in [3.05, 3.63) is 60.0 Å². The summed E-state index contributed by atoms with van der Waals surface area (Å²) < 4.78 is 29.6. The molecule has 0 bridgehead atoms. The highest BCUT2D eigenvalue weighted by Gasteiger charge is 2.18. The zero-order valence-electron chi connectivity index (χ0n) is 11.7. The maximum absolute atomic E-state index is 12.6. The summed E-state index contributed by atoms with van der Waals surface area (Å²) >= 11 is 0. The summed E-state index contributed by atoms with van der Waals surface area (Å²) in [5.41, 5.74) is 2.65. The molecule has 0 unspecified atom stereocenters. The average Bonchev–Trinajstić information content (AvgIpc) is 2.90. The first kappa shape index (κ1) is 13.6. The molecule has 0 aliphatic rings. The van der Waals surface area contributed by atoms with Crippen LogP contribution in [0.5, 0.6) is 0 Å². The third kappa shape index (κ3) is 2.50. The first-order valence-corrected chi connectivity index (χ1v) is 7.97. The number of nitrogens with one attached hydrogen (secondary N) is 1. The molecule has 1 N–H and O–H groups in total. The van der Waals surface area contributed by atoms with Gasteiger partial charge in [-0.2, -0.15) is 0 Å². The SMILES string of the molecule is Cc1ccc(C)c(S(=O)(=O)Nc2cccn3ccnc23)c1. The molecule has 3 rings (SSSR count). The molecule has 0 radical (unpaired) electrons. The molecule has 0 amide bonds. The number of benzene rings is 1. The highest BCUT2D eigenvalue weighted by atomic mass is 32.2. The van der Waals surface area contributed by atoms with Gasteiger partial charge in [0.1, 0.15) is 0 Å². The van der Waals surface area contributed by atoms with Crippen molar-refractivity contribution in [2.24, 2.45) is 0 Å². The predicted molar refractivity (Wildman–Crippen MR) is 81.9 cm³/mol. The fraction of sp³-hybridized carbons (Fsp3) is 0.133. The molecule has 2 heterocycles. The van der Waals surface area contributed by atoms with Gasteiger partial charge in [-0.15, -0.1) is 0 Å². The predicted octanol–water partition coefficient (Wildman–Crippen LogP) is 2.75. The summed E-state index contributed by atoms with van der Waals surface area (Å²) in [5.74, 6) is 0. The van der Waals surface area contributed by atoms with Crippen molar-refractivity contribution in [2.45, 2.75) is 18.7 Å². The molecule has 0 saturated heterocycles. The van der Waals surface area contributed by atoms with Crippen LogP contribution < -0.4 is 4.72 Å². The Morgan fingerprint density at radius 1 is 1.14 bits per heavy atom. The van der Waals surface area contributed by atoms with Gasteiger partial charge in [-0.3, -0.25) is 4.72 Å². The van der Waals surface area contributed by atoms with Crippen molar-refractivity contribution in [1.82, 2.24) is 9.38 Å². The van der Waals surface area contributed by atoms with Crippen LogP contribution in [0, 0.1) is 13.8 Å². The monoisotopic (exact) mass is 301 g/mol. The standard InChI is InChI=1S/C15H15N3O2S/c1-11-5-6-12(2)14(10-11)21(19,20)17-13-4-3-8-18-9-7-16-15(13)18/h3-10,17H,1-2H3. The Balaban J connectivity index is 2.08. The first-order valence-electron chi connectivity index (χ1n) is 6.49. The number of anilines is 1. The molecule has 0 spiro atoms. The van der Waals surface area contributed by atoms with Crippen LogP contribution in [-0.2, 0) is 10.0 Å². The Hall–Kier alpha value is -2.34. The Morgan fingerprint density at radius 2 is 1.95 bits per heavy atom. The third-order valence-electron chi connectivity index (χ3n) is 3.30. The Bertz CT molecular complexity index is 914. The summed E-state index contributed by atoms with van der Waals surface area (Å²) in [5, 5.41) is 0. The molecule has 21 heavy (non-hydrogen) atoms. The first-order chi connectivity index (χ1) is 9.97. The second-order valence-corrected chi connectivity index (χ2v) is 6.61. The maximum atomic E-state index is 12.6. The zero-order valence-corrected chi connectivity index (χ0v) is 12.6. The number of aryl methyl sites for hydroxylation is 2. The molecule has 1 aromatic carbocycles. The van der Waals surface area contributed by atoms with Gasteiger partial charge >= 0.3 is 0 Å². The topological polar surface area (TPSA) is 63.5 Å². The van der Waals surface area contributed by atoms with E-state index in [-0.39, 0.29) is 4.90 Å². The fourth-order valence-corrected chi connectivity index (χ4v) is 3.62. The minimum atomic E-state index is -3.64. The Morgan fingerprint density at radius 3 is 2.76 bits per heavy atom. The number of sulfonamides is 1. The highest BCUT2D eigenvalue weighted by molar-refractivity contribution is 7.92. The van der Waals surface area contributed by atoms with Gasteiger partial charge in [0.05, 0.1) is 10.6 Å². The van der Waals surface area contributed by atoms with Gasteiger partial charge in [0.2, 0.25) is 0 Å². The summed E-state index contributed by atoms with van der Waals surface area (Å²) in [6.45, 7) is 3.65. The van der Waals surface area contributed by atoms with Crippen LogP contribution >= 0.6 is 0 Å². The van der Waals surface area contributed by atoms with Crippen molar-refractivity contribution in [1.29, 1.82) is 0 Å². The van der Waals surface area contributed by atoms with E-state index < -0.39 is 10.0 Å². The van der Waals surface area contributed by atoms with Crippen molar-refractivity contribution in [3.63, 3.8) is 0 Å². The van der Waals surface area contributed by atoms with E-state index in [1.165, 1.54) is 0 Å². The van der Waals surface area contributed by atoms with Gasteiger partial charge in [0, 0.05) is 18.6 Å². The second-order valence-electron chi connectivity index (χ2n) is 4.95. The summed E-state index contributed by atoms with van der Waals surface area (Å²) in [6, 6.07) is 8.84. The maximum Gasteiger partial charge on any atom is 0.262 e. The third-order valence-corrected chi connectivity index (χ3v) is 4.80. The van der Waals surface area contributed by atoms with E-state index in [2.05, 4.69) is 9.71 Å². The van der Waals surface area contributed by atoms with Crippen molar-refractivity contribution < 1.29 is 8.42 Å². The molecule has 5 nitrogen and oxygen atoms in total. The van der Waals surface area contributed by atoms with E-state index in [9.17, 15) is 8.42 Å². The Kier molecular flexibility index (Phi) is 3.17. The minimum Gasteiger partial charge on any atom is -0.305 e. The number of pyridine rings is 1. The van der Waals surface area contributed by atoms with Crippen LogP contribution in [0.15, 0.2) is 53.8 Å². The summed E-state index contributed by atoms with van der Waals surface area (Å²) in [7, 11) is -3.64. The lowest BCUT2D eigenvalue weighted by Gasteiger charge is -2.11. The zero-order chi connectivity index (χ0) is 15.0. The molecule has 0 aliphatic heterocycles. The molecule has 3 aromatic rings. The number of hydrogen-bond acceptors (Lipinski definition) is 3. The molecule has 0 aliphatic carbocycles. The number of rotatable bonds is 3. The number of fused-ring (bicyclic) bond motifs is 1. The molecular weight excluding hydrogens is 286 g/mol. The van der Waals surface area contributed by atoms with E-state index >= 15 is 0 Å². The molecular formula is C15H15N3O2S. The van der Waals surface area contributed by atoms with Crippen molar-refractivity contribution in [2.75, 3.05) is 4.72 Å². The van der Waals surface area contributed by atoms with E-state index in [1.807, 2.05) is 19.2 Å². The van der Waals surface area contributed by atoms with E-state index in [0.717, 1.165) is 5.56 Å². The molecule has 0 saturated carbocycles. The van der Waals surface area contributed by atoms with Gasteiger partial charge in [-0.05, 0) is 43.2 Å². The van der Waals surface area contributed by atoms with Gasteiger partial charge in [0.25, 0.3) is 10.0 Å². The average molecular weight is 301 g/mol. The Labute approximate surface area is 123 Å². The van der Waals surface area contributed by atoms with Gasteiger partial charge in [-0.25, -0.2) is 13.4 Å². The van der Waals surface area contributed by atoms with E-state index in [0.29, 0.717) is 16.9 Å². The largest absolute Gasteiger partial charge is 0.305 e. The van der Waals surface area contributed by atoms with Crippen LogP contribution in [0.2, 0.25) is 0 Å². The lowest BCUT2D eigenvalue weighted by atomic mass is 10.2. The molecule has 0 fully saturated rings. The number of hydrogen-bond donors (Lipinski definition) is 1. The molecule has 0 atom stereocenters. The normalized spacial score (nSPS) is 11.7. The lowest BCUT2D eigenvalue weighted by Crippen LogP contribution is -2.15. The second kappa shape index (κ2) is 4.89. The van der Waals surface area contributed by atoms with Crippen LogP contribution in [-0.4, -0.2) is 17.8 Å². The molecule has 108 valence electrons. The van der Waals surface area contributed by atoms with Crippen LogP contribution in [0.4, 0.5) is 5.69 Å². The van der Waals surface area contributed by atoms with Crippen LogP contribution in [0.1, 0.15) is 11.1 Å². The quantitative estimate of drug-likeness (QED) is 0.809. The summed E-state index contributed by atoms with van der Waals surface area (Å²) in [6.07, 6.45) is 5.22. The smallest absolute Gasteiger partial charge is 0.262 e. The van der Waals surface area contributed by atoms with Crippen molar-refractivity contribution >= 4 is 21.4 Å². The molecule has 6 heteroatoms. The van der Waals surface area contributed by atoms with E-state index in [4.69, 9.17) is 0 Å².